The van der Waals surface area contributed by atoms with Gasteiger partial charge in [0.2, 0.25) is 5.76 Å². The molecule has 0 radical (unpaired) electrons. The molecule has 0 saturated heterocycles. The second kappa shape index (κ2) is 7.21. The number of rotatable bonds is 6. The van der Waals surface area contributed by atoms with Gasteiger partial charge in [0.15, 0.2) is 5.89 Å². The molecule has 0 unspecified atom stereocenters. The first-order valence-electron chi connectivity index (χ1n) is 8.03. The van der Waals surface area contributed by atoms with Gasteiger partial charge in [-0.2, -0.15) is 5.10 Å². The number of methoxy groups -OCH3 is 1. The van der Waals surface area contributed by atoms with Gasteiger partial charge in [0.1, 0.15) is 5.75 Å². The number of hydrogen-bond acceptors (Lipinski definition) is 5. The van der Waals surface area contributed by atoms with Gasteiger partial charge in [0.05, 0.1) is 24.7 Å². The average Bonchev–Trinajstić information content (AvgIpc) is 3.26. The monoisotopic (exact) mass is 340 g/mol. The predicted octanol–water partition coefficient (Wildman–Crippen LogP) is 2.87. The lowest BCUT2D eigenvalue weighted by molar-refractivity contribution is 0.0920. The zero-order valence-corrected chi connectivity index (χ0v) is 14.4. The van der Waals surface area contributed by atoms with E-state index in [-0.39, 0.29) is 11.7 Å². The third kappa shape index (κ3) is 3.55. The Balaban J connectivity index is 1.72. The van der Waals surface area contributed by atoms with Crippen LogP contribution in [0.1, 0.15) is 34.6 Å². The third-order valence-electron chi connectivity index (χ3n) is 3.89. The van der Waals surface area contributed by atoms with Crippen molar-refractivity contribution in [2.24, 2.45) is 0 Å². The van der Waals surface area contributed by atoms with E-state index in [2.05, 4.69) is 20.5 Å². The van der Waals surface area contributed by atoms with Gasteiger partial charge in [-0.3, -0.25) is 9.89 Å². The number of aromatic nitrogens is 3. The van der Waals surface area contributed by atoms with Crippen molar-refractivity contribution < 1.29 is 13.9 Å². The summed E-state index contributed by atoms with van der Waals surface area (Å²) in [5.41, 5.74) is 3.29. The van der Waals surface area contributed by atoms with Crippen LogP contribution in [-0.2, 0) is 13.0 Å². The fourth-order valence-corrected chi connectivity index (χ4v) is 2.52. The van der Waals surface area contributed by atoms with Gasteiger partial charge in [-0.1, -0.05) is 6.92 Å². The number of aromatic amines is 1. The van der Waals surface area contributed by atoms with Crippen LogP contribution in [0.4, 0.5) is 0 Å². The predicted molar refractivity (Wildman–Crippen MR) is 92.4 cm³/mol. The Bertz CT molecular complexity index is 865. The summed E-state index contributed by atoms with van der Waals surface area (Å²) in [6.07, 6.45) is 2.35. The highest BCUT2D eigenvalue weighted by Gasteiger charge is 2.17. The molecule has 3 aromatic rings. The maximum atomic E-state index is 12.3. The van der Waals surface area contributed by atoms with Crippen molar-refractivity contribution in [1.29, 1.82) is 0 Å². The molecule has 0 saturated carbocycles. The van der Waals surface area contributed by atoms with E-state index in [1.54, 1.807) is 20.2 Å². The molecular weight excluding hydrogens is 320 g/mol. The fourth-order valence-electron chi connectivity index (χ4n) is 2.52. The highest BCUT2D eigenvalue weighted by atomic mass is 16.5. The normalized spacial score (nSPS) is 10.7. The fraction of sp³-hybridized carbons (Fsp3) is 0.278. The van der Waals surface area contributed by atoms with Crippen molar-refractivity contribution in [3.63, 3.8) is 0 Å². The van der Waals surface area contributed by atoms with Crippen molar-refractivity contribution in [3.8, 4) is 17.0 Å². The minimum absolute atomic E-state index is 0.256. The molecule has 1 aromatic carbocycles. The molecule has 0 atom stereocenters. The molecule has 0 aliphatic rings. The summed E-state index contributed by atoms with van der Waals surface area (Å²) in [5, 5.41) is 9.91. The topological polar surface area (TPSA) is 93.0 Å². The smallest absolute Gasteiger partial charge is 0.289 e. The Morgan fingerprint density at radius 1 is 1.32 bits per heavy atom. The van der Waals surface area contributed by atoms with Crippen LogP contribution < -0.4 is 10.1 Å². The first-order chi connectivity index (χ1) is 12.1. The number of hydrogen-bond donors (Lipinski definition) is 2. The number of amides is 1. The van der Waals surface area contributed by atoms with Gasteiger partial charge < -0.3 is 14.5 Å². The highest BCUT2D eigenvalue weighted by molar-refractivity contribution is 5.92. The number of carbonyl (C=O) groups excluding carboxylic acids is 1. The molecule has 2 heterocycles. The van der Waals surface area contributed by atoms with Gasteiger partial charge in [-0.15, -0.1) is 0 Å². The number of ether oxygens (including phenoxy) is 1. The van der Waals surface area contributed by atoms with Crippen LogP contribution >= 0.6 is 0 Å². The summed E-state index contributed by atoms with van der Waals surface area (Å²) >= 11 is 0. The molecule has 7 heteroatoms. The Hall–Kier alpha value is -3.09. The molecule has 0 spiro atoms. The van der Waals surface area contributed by atoms with Crippen LogP contribution in [0.2, 0.25) is 0 Å². The first-order valence-corrected chi connectivity index (χ1v) is 8.03. The van der Waals surface area contributed by atoms with Gasteiger partial charge in [-0.05, 0) is 31.2 Å². The molecule has 0 aliphatic heterocycles. The molecule has 0 bridgehead atoms. The van der Waals surface area contributed by atoms with E-state index in [9.17, 15) is 4.79 Å². The number of carbonyl (C=O) groups is 1. The summed E-state index contributed by atoms with van der Waals surface area (Å²) in [7, 11) is 1.63. The largest absolute Gasteiger partial charge is 0.497 e. The van der Waals surface area contributed by atoms with Gasteiger partial charge in [-0.25, -0.2) is 4.98 Å². The molecule has 0 aliphatic carbocycles. The SMILES string of the molecule is CCc1nc(C)c(C(=O)NCc2cn[nH]c2-c2ccc(OC)cc2)o1. The number of oxazole rings is 1. The number of H-pyrrole nitrogens is 1. The van der Waals surface area contributed by atoms with Crippen LogP contribution in [0.15, 0.2) is 34.9 Å². The maximum absolute atomic E-state index is 12.3. The molecule has 7 nitrogen and oxygen atoms in total. The zero-order valence-electron chi connectivity index (χ0n) is 14.4. The minimum atomic E-state index is -0.286. The van der Waals surface area contributed by atoms with Crippen LogP contribution in [0.5, 0.6) is 5.75 Å². The summed E-state index contributed by atoms with van der Waals surface area (Å²) in [4.78, 5) is 16.5. The van der Waals surface area contributed by atoms with Crippen molar-refractivity contribution in [1.82, 2.24) is 20.5 Å². The Morgan fingerprint density at radius 3 is 2.72 bits per heavy atom. The van der Waals surface area contributed by atoms with Crippen LogP contribution in [-0.4, -0.2) is 28.2 Å². The van der Waals surface area contributed by atoms with Gasteiger partial charge in [0, 0.05) is 24.1 Å². The molecule has 130 valence electrons. The number of aryl methyl sites for hydroxylation is 2. The average molecular weight is 340 g/mol. The van der Waals surface area contributed by atoms with Crippen LogP contribution in [0.25, 0.3) is 11.3 Å². The standard InChI is InChI=1S/C18H20N4O3/c1-4-15-21-11(2)17(25-15)18(23)19-9-13-10-20-22-16(13)12-5-7-14(24-3)8-6-12/h5-8,10H,4,9H2,1-3H3,(H,19,23)(H,20,22). The highest BCUT2D eigenvalue weighted by Crippen LogP contribution is 2.23. The zero-order chi connectivity index (χ0) is 17.8. The minimum Gasteiger partial charge on any atom is -0.497 e. The van der Waals surface area contributed by atoms with Crippen molar-refractivity contribution in [3.05, 3.63) is 53.4 Å². The molecule has 3 rings (SSSR count). The quantitative estimate of drug-likeness (QED) is 0.720. The van der Waals surface area contributed by atoms with Crippen molar-refractivity contribution in [2.75, 3.05) is 7.11 Å². The first kappa shape index (κ1) is 16.8. The van der Waals surface area contributed by atoms with Crippen LogP contribution in [0.3, 0.4) is 0 Å². The lowest BCUT2D eigenvalue weighted by Gasteiger charge is -2.06. The molecule has 2 N–H and O–H groups in total. The lowest BCUT2D eigenvalue weighted by Crippen LogP contribution is -2.23. The molecule has 25 heavy (non-hydrogen) atoms. The third-order valence-corrected chi connectivity index (χ3v) is 3.89. The molecule has 1 amide bonds. The molecular formula is C18H20N4O3. The van der Waals surface area contributed by atoms with E-state index < -0.39 is 0 Å². The Morgan fingerprint density at radius 2 is 2.08 bits per heavy atom. The number of benzene rings is 1. The van der Waals surface area contributed by atoms with E-state index >= 15 is 0 Å². The van der Waals surface area contributed by atoms with E-state index in [4.69, 9.17) is 9.15 Å². The summed E-state index contributed by atoms with van der Waals surface area (Å²) in [5.74, 6) is 1.31. The summed E-state index contributed by atoms with van der Waals surface area (Å²) < 4.78 is 10.6. The van der Waals surface area contributed by atoms with E-state index in [1.165, 1.54) is 0 Å². The number of nitrogens with zero attached hydrogens (tertiary/aromatic N) is 2. The van der Waals surface area contributed by atoms with E-state index in [1.807, 2.05) is 31.2 Å². The second-order valence-electron chi connectivity index (χ2n) is 5.56. The van der Waals surface area contributed by atoms with Crippen molar-refractivity contribution >= 4 is 5.91 Å². The second-order valence-corrected chi connectivity index (χ2v) is 5.56. The van der Waals surface area contributed by atoms with Gasteiger partial charge in [0.25, 0.3) is 5.91 Å². The lowest BCUT2D eigenvalue weighted by atomic mass is 10.1. The Kier molecular flexibility index (Phi) is 4.83. The summed E-state index contributed by atoms with van der Waals surface area (Å²) in [6, 6.07) is 7.63. The Labute approximate surface area is 145 Å². The van der Waals surface area contributed by atoms with Gasteiger partial charge >= 0.3 is 0 Å². The molecule has 0 fully saturated rings. The van der Waals surface area contributed by atoms with Crippen LogP contribution in [0, 0.1) is 6.92 Å². The van der Waals surface area contributed by atoms with E-state index in [0.717, 1.165) is 22.6 Å². The maximum Gasteiger partial charge on any atom is 0.289 e. The summed E-state index contributed by atoms with van der Waals surface area (Å²) in [6.45, 7) is 4.02. The van der Waals surface area contributed by atoms with Crippen molar-refractivity contribution in [2.45, 2.75) is 26.8 Å². The van der Waals surface area contributed by atoms with E-state index in [0.29, 0.717) is 24.6 Å². The molecule has 2 aromatic heterocycles. The number of nitrogens with one attached hydrogen (secondary N) is 2.